The minimum absolute atomic E-state index is 0.433. The van der Waals surface area contributed by atoms with E-state index >= 15 is 0 Å². The molecule has 3 rings (SSSR count). The van der Waals surface area contributed by atoms with Crippen molar-refractivity contribution in [1.82, 2.24) is 4.31 Å². The summed E-state index contributed by atoms with van der Waals surface area (Å²) in [5.74, 6) is 0. The first-order valence-corrected chi connectivity index (χ1v) is 9.73. The van der Waals surface area contributed by atoms with Gasteiger partial charge in [0.2, 0.25) is 10.0 Å². The van der Waals surface area contributed by atoms with Gasteiger partial charge in [-0.25, -0.2) is 8.42 Å². The predicted octanol–water partition coefficient (Wildman–Crippen LogP) is 3.63. The molecule has 0 fully saturated rings. The molecule has 0 N–H and O–H groups in total. The van der Waals surface area contributed by atoms with Gasteiger partial charge in [0.25, 0.3) is 0 Å². The van der Waals surface area contributed by atoms with E-state index in [-0.39, 0.29) is 0 Å². The fourth-order valence-electron chi connectivity index (χ4n) is 2.25. The van der Waals surface area contributed by atoms with Crippen molar-refractivity contribution >= 4 is 48.6 Å². The minimum atomic E-state index is -3.37. The lowest BCUT2D eigenvalue weighted by Crippen LogP contribution is -2.35. The number of hydrogen-bond acceptors (Lipinski definition) is 4. The van der Waals surface area contributed by atoms with E-state index in [1.54, 1.807) is 21.7 Å². The number of rotatable bonds is 2. The molecule has 3 nitrogen and oxygen atoms in total. The van der Waals surface area contributed by atoms with E-state index in [1.165, 1.54) is 16.2 Å². The maximum Gasteiger partial charge on any atom is 0.244 e. The van der Waals surface area contributed by atoms with Crippen LogP contribution in [0.5, 0.6) is 0 Å². The summed E-state index contributed by atoms with van der Waals surface area (Å²) in [6.07, 6.45) is 0.816. The van der Waals surface area contributed by atoms with Gasteiger partial charge < -0.3 is 0 Å². The third-order valence-corrected chi connectivity index (χ3v) is 7.91. The summed E-state index contributed by atoms with van der Waals surface area (Å²) in [6, 6.07) is 3.73. The summed E-state index contributed by atoms with van der Waals surface area (Å²) >= 11 is 6.53. The van der Waals surface area contributed by atoms with Crippen molar-refractivity contribution < 1.29 is 8.42 Å². The lowest BCUT2D eigenvalue weighted by molar-refractivity contribution is 0.394. The standard InChI is InChI=1S/C12H12BrNO2S3/c1-8-11(6-12(13)18-8)19(15,16)14-4-2-10-9(7-14)3-5-17-10/h3,5-6H,2,4,7H2,1H3. The predicted molar refractivity (Wildman–Crippen MR) is 82.4 cm³/mol. The van der Waals surface area contributed by atoms with Crippen molar-refractivity contribution in [3.8, 4) is 0 Å². The van der Waals surface area contributed by atoms with Gasteiger partial charge in [-0.3, -0.25) is 0 Å². The highest BCUT2D eigenvalue weighted by Crippen LogP contribution is 2.34. The van der Waals surface area contributed by atoms with E-state index in [0.29, 0.717) is 18.0 Å². The smallest absolute Gasteiger partial charge is 0.207 e. The minimum Gasteiger partial charge on any atom is -0.207 e. The van der Waals surface area contributed by atoms with Gasteiger partial charge in [-0.2, -0.15) is 4.31 Å². The van der Waals surface area contributed by atoms with E-state index in [0.717, 1.165) is 20.6 Å². The van der Waals surface area contributed by atoms with E-state index in [4.69, 9.17) is 0 Å². The molecule has 0 saturated carbocycles. The fourth-order valence-corrected chi connectivity index (χ4v) is 6.95. The molecule has 1 aliphatic rings. The van der Waals surface area contributed by atoms with Crippen LogP contribution in [-0.2, 0) is 23.0 Å². The SMILES string of the molecule is Cc1sc(Br)cc1S(=O)(=O)N1CCc2sccc2C1. The molecule has 1 aliphatic heterocycles. The van der Waals surface area contributed by atoms with Crippen LogP contribution in [-0.4, -0.2) is 19.3 Å². The molecule has 0 bridgehead atoms. The molecule has 19 heavy (non-hydrogen) atoms. The molecule has 0 amide bonds. The van der Waals surface area contributed by atoms with Gasteiger partial charge in [-0.05, 0) is 52.4 Å². The summed E-state index contributed by atoms with van der Waals surface area (Å²) < 4.78 is 27.8. The molecule has 0 spiro atoms. The topological polar surface area (TPSA) is 37.4 Å². The lowest BCUT2D eigenvalue weighted by atomic mass is 10.1. The summed E-state index contributed by atoms with van der Waals surface area (Å²) in [6.45, 7) is 2.92. The molecule has 0 aromatic carbocycles. The number of nitrogens with zero attached hydrogens (tertiary/aromatic N) is 1. The van der Waals surface area contributed by atoms with Crippen LogP contribution < -0.4 is 0 Å². The van der Waals surface area contributed by atoms with Crippen molar-refractivity contribution in [1.29, 1.82) is 0 Å². The summed E-state index contributed by atoms with van der Waals surface area (Å²) in [4.78, 5) is 2.58. The highest BCUT2D eigenvalue weighted by atomic mass is 79.9. The zero-order valence-corrected chi connectivity index (χ0v) is 14.3. The highest BCUT2D eigenvalue weighted by Gasteiger charge is 2.30. The molecule has 0 saturated heterocycles. The molecule has 2 aromatic heterocycles. The Kier molecular flexibility index (Phi) is 3.59. The zero-order valence-electron chi connectivity index (χ0n) is 10.2. The van der Waals surface area contributed by atoms with Crippen molar-refractivity contribution in [3.05, 3.63) is 36.6 Å². The quantitative estimate of drug-likeness (QED) is 0.800. The molecule has 102 valence electrons. The monoisotopic (exact) mass is 377 g/mol. The van der Waals surface area contributed by atoms with Crippen LogP contribution in [0.4, 0.5) is 0 Å². The van der Waals surface area contributed by atoms with Gasteiger partial charge in [-0.15, -0.1) is 22.7 Å². The zero-order chi connectivity index (χ0) is 13.6. The molecular weight excluding hydrogens is 366 g/mol. The Morgan fingerprint density at radius 2 is 2.21 bits per heavy atom. The van der Waals surface area contributed by atoms with Gasteiger partial charge >= 0.3 is 0 Å². The number of fused-ring (bicyclic) bond motifs is 1. The highest BCUT2D eigenvalue weighted by molar-refractivity contribution is 9.11. The van der Waals surface area contributed by atoms with Gasteiger partial charge in [0, 0.05) is 22.8 Å². The Morgan fingerprint density at radius 3 is 2.89 bits per heavy atom. The largest absolute Gasteiger partial charge is 0.244 e. The van der Waals surface area contributed by atoms with Crippen LogP contribution in [0.25, 0.3) is 0 Å². The fraction of sp³-hybridized carbons (Fsp3) is 0.333. The number of sulfonamides is 1. The van der Waals surface area contributed by atoms with E-state index in [1.807, 2.05) is 18.4 Å². The van der Waals surface area contributed by atoms with Crippen LogP contribution in [0.3, 0.4) is 0 Å². The second-order valence-electron chi connectivity index (χ2n) is 4.43. The van der Waals surface area contributed by atoms with Crippen LogP contribution in [0, 0.1) is 6.92 Å². The lowest BCUT2D eigenvalue weighted by Gasteiger charge is -2.26. The maximum absolute atomic E-state index is 12.7. The van der Waals surface area contributed by atoms with Crippen molar-refractivity contribution in [2.24, 2.45) is 0 Å². The maximum atomic E-state index is 12.7. The van der Waals surface area contributed by atoms with E-state index in [2.05, 4.69) is 15.9 Å². The van der Waals surface area contributed by atoms with Gasteiger partial charge in [0.15, 0.2) is 0 Å². The average molecular weight is 378 g/mol. The molecule has 0 unspecified atom stereocenters. The second kappa shape index (κ2) is 4.96. The molecule has 3 heterocycles. The Bertz CT molecular complexity index is 717. The Labute approximate surface area is 129 Å². The number of thiophene rings is 2. The first-order chi connectivity index (χ1) is 8.98. The molecular formula is C12H12BrNO2S3. The van der Waals surface area contributed by atoms with Crippen LogP contribution in [0.1, 0.15) is 15.3 Å². The summed E-state index contributed by atoms with van der Waals surface area (Å²) in [5.41, 5.74) is 1.15. The molecule has 7 heteroatoms. The van der Waals surface area contributed by atoms with Gasteiger partial charge in [0.1, 0.15) is 0 Å². The van der Waals surface area contributed by atoms with E-state index < -0.39 is 10.0 Å². The first-order valence-electron chi connectivity index (χ1n) is 5.80. The van der Waals surface area contributed by atoms with Crippen LogP contribution in [0.2, 0.25) is 0 Å². The Hall–Kier alpha value is -0.210. The molecule has 2 aromatic rings. The van der Waals surface area contributed by atoms with Crippen LogP contribution in [0.15, 0.2) is 26.2 Å². The number of aryl methyl sites for hydroxylation is 1. The Balaban J connectivity index is 1.96. The normalized spacial score (nSPS) is 16.5. The summed E-state index contributed by atoms with van der Waals surface area (Å²) in [5, 5.41) is 2.03. The number of halogens is 1. The molecule has 0 aliphatic carbocycles. The molecule has 0 atom stereocenters. The summed E-state index contributed by atoms with van der Waals surface area (Å²) in [7, 11) is -3.37. The first kappa shape index (κ1) is 13.8. The van der Waals surface area contributed by atoms with Crippen molar-refractivity contribution in [3.63, 3.8) is 0 Å². The van der Waals surface area contributed by atoms with Gasteiger partial charge in [-0.1, -0.05) is 0 Å². The second-order valence-corrected chi connectivity index (χ2v) is 9.97. The average Bonchev–Trinajstić information content (AvgIpc) is 2.94. The number of hydrogen-bond donors (Lipinski definition) is 0. The van der Waals surface area contributed by atoms with Crippen molar-refractivity contribution in [2.75, 3.05) is 6.54 Å². The third-order valence-electron chi connectivity index (χ3n) is 3.23. The van der Waals surface area contributed by atoms with Crippen molar-refractivity contribution in [2.45, 2.75) is 24.8 Å². The van der Waals surface area contributed by atoms with E-state index in [9.17, 15) is 8.42 Å². The molecule has 0 radical (unpaired) electrons. The Morgan fingerprint density at radius 1 is 1.42 bits per heavy atom. The third kappa shape index (κ3) is 2.42. The van der Waals surface area contributed by atoms with Crippen LogP contribution >= 0.6 is 38.6 Å². The van der Waals surface area contributed by atoms with Gasteiger partial charge in [0.05, 0.1) is 8.68 Å².